The number of hydrogen-bond acceptors (Lipinski definition) is 12. The van der Waals surface area contributed by atoms with E-state index >= 15 is 0 Å². The molecule has 0 saturated carbocycles. The van der Waals surface area contributed by atoms with Crippen molar-refractivity contribution in [1.82, 2.24) is 30.9 Å². The van der Waals surface area contributed by atoms with Gasteiger partial charge in [0.1, 0.15) is 24.1 Å². The predicted molar refractivity (Wildman–Crippen MR) is 237 cm³/mol. The number of anilines is 6. The summed E-state index contributed by atoms with van der Waals surface area (Å²) in [5, 5.41) is 20.0. The fraction of sp³-hybridized carbons (Fsp3) is 0.283. The third-order valence-electron chi connectivity index (χ3n) is 9.88. The molecular formula is C46H48ClF4N9O3. The van der Waals surface area contributed by atoms with Gasteiger partial charge in [0.15, 0.2) is 0 Å². The van der Waals surface area contributed by atoms with Gasteiger partial charge in [-0.05, 0) is 103 Å². The highest BCUT2D eigenvalue weighted by Crippen LogP contribution is 2.31. The molecule has 0 amide bonds. The van der Waals surface area contributed by atoms with Gasteiger partial charge in [0.25, 0.3) is 0 Å². The number of hydrogen-bond donors (Lipinski definition) is 6. The summed E-state index contributed by atoms with van der Waals surface area (Å²) in [6.45, 7) is 7.05. The third-order valence-corrected chi connectivity index (χ3v) is 10.1. The first-order chi connectivity index (χ1) is 30.6. The van der Waals surface area contributed by atoms with Crippen LogP contribution < -0.4 is 31.9 Å². The molecule has 330 valence electrons. The molecule has 3 unspecified atom stereocenters. The zero-order valence-electron chi connectivity index (χ0n) is 34.2. The molecule has 3 aromatic heterocycles. The van der Waals surface area contributed by atoms with Crippen molar-refractivity contribution in [3.63, 3.8) is 0 Å². The van der Waals surface area contributed by atoms with Gasteiger partial charge < -0.3 is 46.1 Å². The lowest BCUT2D eigenvalue weighted by Crippen LogP contribution is -2.33. The van der Waals surface area contributed by atoms with Crippen LogP contribution >= 0.6 is 11.6 Å². The Kier molecular flexibility index (Phi) is 16.2. The molecule has 0 bridgehead atoms. The number of morpholine rings is 3. The maximum atomic E-state index is 12.8. The molecule has 3 fully saturated rings. The highest BCUT2D eigenvalue weighted by Gasteiger charge is 2.30. The SMILES string of the molecule is Clc1cccc(Nc2ccc(C3CNCCO3)nc2)c1.FC(F)(F)c1ccc(Nc2ccc(C3CNCCO3)nc2)cc1.Fc1ccc(Nc2ccc(C3CNCCO3)nc2)cc1. The van der Waals surface area contributed by atoms with Crippen molar-refractivity contribution in [2.75, 3.05) is 75.0 Å². The number of rotatable bonds is 9. The maximum absolute atomic E-state index is 12.8. The Morgan fingerprint density at radius 3 is 1.25 bits per heavy atom. The highest BCUT2D eigenvalue weighted by molar-refractivity contribution is 6.30. The summed E-state index contributed by atoms with van der Waals surface area (Å²) in [4.78, 5) is 13.2. The van der Waals surface area contributed by atoms with Gasteiger partial charge in [0.05, 0.1) is 78.1 Å². The summed E-state index contributed by atoms with van der Waals surface area (Å²) < 4.78 is 67.3. The van der Waals surface area contributed by atoms with Gasteiger partial charge >= 0.3 is 6.18 Å². The van der Waals surface area contributed by atoms with Crippen LogP contribution in [0.2, 0.25) is 5.02 Å². The first-order valence-corrected chi connectivity index (χ1v) is 20.9. The average molecular weight is 886 g/mol. The van der Waals surface area contributed by atoms with Gasteiger partial charge in [-0.25, -0.2) is 4.39 Å². The second-order valence-corrected chi connectivity index (χ2v) is 15.0. The topological polar surface area (TPSA) is 139 Å². The molecule has 0 spiro atoms. The summed E-state index contributed by atoms with van der Waals surface area (Å²) in [7, 11) is 0. The monoisotopic (exact) mass is 885 g/mol. The fourth-order valence-electron chi connectivity index (χ4n) is 6.62. The number of aromatic nitrogens is 3. The van der Waals surface area contributed by atoms with Crippen LogP contribution in [0, 0.1) is 5.82 Å². The lowest BCUT2D eigenvalue weighted by Gasteiger charge is -2.23. The van der Waals surface area contributed by atoms with Crippen molar-refractivity contribution in [2.45, 2.75) is 24.5 Å². The summed E-state index contributed by atoms with van der Waals surface area (Å²) in [5.74, 6) is -0.244. The van der Waals surface area contributed by atoms with Gasteiger partial charge in [-0.15, -0.1) is 0 Å². The van der Waals surface area contributed by atoms with Crippen LogP contribution in [0.15, 0.2) is 128 Å². The number of pyridine rings is 3. The number of benzene rings is 3. The molecule has 12 nitrogen and oxygen atoms in total. The molecule has 3 aromatic carbocycles. The van der Waals surface area contributed by atoms with E-state index in [1.54, 1.807) is 24.5 Å². The Labute approximate surface area is 368 Å². The Bertz CT molecular complexity index is 2280. The average Bonchev–Trinajstić information content (AvgIpc) is 3.32. The van der Waals surface area contributed by atoms with Crippen molar-refractivity contribution in [3.05, 3.63) is 161 Å². The van der Waals surface area contributed by atoms with Crippen LogP contribution in [-0.2, 0) is 20.4 Å². The molecule has 17 heteroatoms. The van der Waals surface area contributed by atoms with Crippen molar-refractivity contribution in [1.29, 1.82) is 0 Å². The van der Waals surface area contributed by atoms with E-state index in [2.05, 4.69) is 46.9 Å². The fourth-order valence-corrected chi connectivity index (χ4v) is 6.81. The minimum absolute atomic E-state index is 0.0172. The Morgan fingerprint density at radius 1 is 0.508 bits per heavy atom. The summed E-state index contributed by atoms with van der Waals surface area (Å²) in [6.07, 6.45) is 0.891. The number of alkyl halides is 3. The number of nitrogens with zero attached hydrogens (tertiary/aromatic N) is 3. The Hall–Kier alpha value is -5.72. The molecule has 0 radical (unpaired) electrons. The highest BCUT2D eigenvalue weighted by atomic mass is 35.5. The van der Waals surface area contributed by atoms with E-state index in [9.17, 15) is 17.6 Å². The lowest BCUT2D eigenvalue weighted by atomic mass is 10.2. The Morgan fingerprint density at radius 2 is 0.905 bits per heavy atom. The molecule has 3 aliphatic heterocycles. The molecule has 63 heavy (non-hydrogen) atoms. The quantitative estimate of drug-likeness (QED) is 0.0772. The Balaban J connectivity index is 0.000000142. The van der Waals surface area contributed by atoms with Crippen molar-refractivity contribution < 1.29 is 31.8 Å². The van der Waals surface area contributed by atoms with Crippen LogP contribution in [0.5, 0.6) is 0 Å². The normalized spacial score (nSPS) is 18.7. The van der Waals surface area contributed by atoms with Crippen LogP contribution in [0.1, 0.15) is 41.0 Å². The minimum atomic E-state index is -4.32. The van der Waals surface area contributed by atoms with Gasteiger partial charge in [-0.3, -0.25) is 15.0 Å². The van der Waals surface area contributed by atoms with E-state index in [4.69, 9.17) is 25.8 Å². The second kappa shape index (κ2) is 22.6. The second-order valence-electron chi connectivity index (χ2n) is 14.6. The van der Waals surface area contributed by atoms with Gasteiger partial charge in [0, 0.05) is 61.4 Å². The summed E-state index contributed by atoms with van der Waals surface area (Å²) >= 11 is 5.96. The lowest BCUT2D eigenvalue weighted by molar-refractivity contribution is -0.137. The van der Waals surface area contributed by atoms with Gasteiger partial charge in [0.2, 0.25) is 0 Å². The molecule has 9 rings (SSSR count). The first-order valence-electron chi connectivity index (χ1n) is 20.5. The van der Waals surface area contributed by atoms with E-state index in [0.717, 1.165) is 97.8 Å². The van der Waals surface area contributed by atoms with E-state index in [0.29, 0.717) is 29.6 Å². The molecule has 6 heterocycles. The zero-order valence-corrected chi connectivity index (χ0v) is 34.9. The third kappa shape index (κ3) is 14.1. The first kappa shape index (κ1) is 45.3. The molecule has 6 aromatic rings. The smallest absolute Gasteiger partial charge is 0.369 e. The number of halogens is 5. The van der Waals surface area contributed by atoms with Crippen molar-refractivity contribution >= 4 is 45.7 Å². The van der Waals surface area contributed by atoms with Gasteiger partial charge in [-0.1, -0.05) is 17.7 Å². The zero-order chi connectivity index (χ0) is 43.9. The molecule has 0 aliphatic carbocycles. The molecule has 3 aliphatic rings. The summed E-state index contributed by atoms with van der Waals surface area (Å²) in [5.41, 5.74) is 6.88. The van der Waals surface area contributed by atoms with Crippen LogP contribution in [0.25, 0.3) is 0 Å². The predicted octanol–water partition coefficient (Wildman–Crippen LogP) is 9.27. The number of nitrogens with one attached hydrogen (secondary N) is 6. The van der Waals surface area contributed by atoms with E-state index < -0.39 is 11.7 Å². The standard InChI is InChI=1S/C16H16F3N3O.C15H16ClN3O.C15H16FN3O/c17-16(18,19)11-1-3-12(4-2-11)22-13-5-6-14(21-9-13)15-10-20-7-8-23-15;16-11-2-1-3-12(8-11)19-13-4-5-14(18-9-13)15-10-17-6-7-20-15;16-11-1-3-12(4-2-11)19-13-5-6-14(18-9-13)15-10-17-7-8-20-15/h1-6,9,15,20,22H,7-8,10H2;1-5,8-9,15,17,19H,6-7,10H2;1-6,9,15,17,19H,7-8,10H2. The van der Waals surface area contributed by atoms with Crippen LogP contribution in [0.4, 0.5) is 51.7 Å². The maximum Gasteiger partial charge on any atom is 0.416 e. The molecule has 3 atom stereocenters. The molecule has 6 N–H and O–H groups in total. The number of ether oxygens (including phenoxy) is 3. The van der Waals surface area contributed by atoms with Crippen molar-refractivity contribution in [3.8, 4) is 0 Å². The molecule has 3 saturated heterocycles. The summed E-state index contributed by atoms with van der Waals surface area (Å²) in [6, 6.07) is 30.3. The minimum Gasteiger partial charge on any atom is -0.369 e. The molecular weight excluding hydrogens is 838 g/mol. The largest absolute Gasteiger partial charge is 0.416 e. The van der Waals surface area contributed by atoms with E-state index in [1.807, 2.05) is 66.9 Å². The van der Waals surface area contributed by atoms with E-state index in [1.165, 1.54) is 24.3 Å². The van der Waals surface area contributed by atoms with Crippen LogP contribution in [-0.4, -0.2) is 74.0 Å². The van der Waals surface area contributed by atoms with Gasteiger partial charge in [-0.2, -0.15) is 13.2 Å². The van der Waals surface area contributed by atoms with Crippen molar-refractivity contribution in [2.24, 2.45) is 0 Å². The van der Waals surface area contributed by atoms with Crippen LogP contribution in [0.3, 0.4) is 0 Å². The van der Waals surface area contributed by atoms with E-state index in [-0.39, 0.29) is 24.1 Å².